The van der Waals surface area contributed by atoms with Gasteiger partial charge in [-0.25, -0.2) is 4.79 Å². The van der Waals surface area contributed by atoms with Crippen LogP contribution in [0.3, 0.4) is 0 Å². The standard InChI is InChI=1S/C17H24N2O4/c1-4-22-17(21)14-7-5-6-8-15(14)18-16(20)11-19-9-12(2)23-13(3)10-19/h5-8,12-13H,4,9-11H2,1-3H3,(H,18,20). The predicted octanol–water partition coefficient (Wildman–Crippen LogP) is 1.91. The van der Waals surface area contributed by atoms with Crippen LogP contribution in [0, 0.1) is 0 Å². The third-order valence-electron chi connectivity index (χ3n) is 3.56. The maximum absolute atomic E-state index is 12.3. The molecule has 1 N–H and O–H groups in total. The van der Waals surface area contributed by atoms with Gasteiger partial charge in [0, 0.05) is 13.1 Å². The number of benzene rings is 1. The van der Waals surface area contributed by atoms with E-state index in [1.165, 1.54) is 0 Å². The van der Waals surface area contributed by atoms with Crippen LogP contribution < -0.4 is 5.32 Å². The Morgan fingerprint density at radius 2 is 1.91 bits per heavy atom. The van der Waals surface area contributed by atoms with E-state index in [1.54, 1.807) is 31.2 Å². The van der Waals surface area contributed by atoms with Crippen molar-refractivity contribution in [1.29, 1.82) is 0 Å². The fourth-order valence-corrected chi connectivity index (χ4v) is 2.79. The second-order valence-electron chi connectivity index (χ2n) is 5.77. The first-order valence-electron chi connectivity index (χ1n) is 7.93. The summed E-state index contributed by atoms with van der Waals surface area (Å²) in [5.41, 5.74) is 0.844. The fourth-order valence-electron chi connectivity index (χ4n) is 2.79. The number of hydrogen-bond acceptors (Lipinski definition) is 5. The number of ether oxygens (including phenoxy) is 2. The van der Waals surface area contributed by atoms with Gasteiger partial charge in [-0.1, -0.05) is 12.1 Å². The van der Waals surface area contributed by atoms with Crippen molar-refractivity contribution in [3.8, 4) is 0 Å². The third kappa shape index (κ3) is 5.04. The minimum atomic E-state index is -0.433. The lowest BCUT2D eigenvalue weighted by Crippen LogP contribution is -2.48. The summed E-state index contributed by atoms with van der Waals surface area (Å²) in [6, 6.07) is 6.87. The summed E-state index contributed by atoms with van der Waals surface area (Å²) in [6.07, 6.45) is 0.219. The Kier molecular flexibility index (Phi) is 6.12. The molecule has 0 aliphatic carbocycles. The number of anilines is 1. The average Bonchev–Trinajstić information content (AvgIpc) is 2.46. The lowest BCUT2D eigenvalue weighted by Gasteiger charge is -2.34. The van der Waals surface area contributed by atoms with Crippen LogP contribution in [0.2, 0.25) is 0 Å². The Hall–Kier alpha value is -1.92. The van der Waals surface area contributed by atoms with Crippen LogP contribution in [0.25, 0.3) is 0 Å². The van der Waals surface area contributed by atoms with E-state index >= 15 is 0 Å². The number of nitrogens with zero attached hydrogens (tertiary/aromatic N) is 1. The molecule has 6 heteroatoms. The molecule has 1 fully saturated rings. The van der Waals surface area contributed by atoms with Crippen molar-refractivity contribution in [2.75, 3.05) is 31.6 Å². The molecule has 2 rings (SSSR count). The Balaban J connectivity index is 1.99. The minimum Gasteiger partial charge on any atom is -0.462 e. The molecule has 1 aromatic rings. The molecule has 0 spiro atoms. The topological polar surface area (TPSA) is 67.9 Å². The largest absolute Gasteiger partial charge is 0.462 e. The van der Waals surface area contributed by atoms with E-state index in [0.29, 0.717) is 17.9 Å². The van der Waals surface area contributed by atoms with Crippen molar-refractivity contribution in [2.45, 2.75) is 33.0 Å². The zero-order valence-electron chi connectivity index (χ0n) is 13.9. The van der Waals surface area contributed by atoms with E-state index < -0.39 is 5.97 Å². The van der Waals surface area contributed by atoms with Gasteiger partial charge in [0.15, 0.2) is 0 Å². The van der Waals surface area contributed by atoms with Crippen molar-refractivity contribution in [1.82, 2.24) is 4.90 Å². The molecule has 2 unspecified atom stereocenters. The van der Waals surface area contributed by atoms with Crippen molar-refractivity contribution in [3.63, 3.8) is 0 Å². The molecule has 1 aliphatic heterocycles. The van der Waals surface area contributed by atoms with Crippen LogP contribution in [-0.4, -0.2) is 55.2 Å². The molecule has 1 heterocycles. The van der Waals surface area contributed by atoms with Crippen LogP contribution in [0.1, 0.15) is 31.1 Å². The SMILES string of the molecule is CCOC(=O)c1ccccc1NC(=O)CN1CC(C)OC(C)C1. The summed E-state index contributed by atoms with van der Waals surface area (Å²) >= 11 is 0. The first kappa shape index (κ1) is 17.4. The number of amides is 1. The first-order chi connectivity index (χ1) is 11.0. The summed E-state index contributed by atoms with van der Waals surface area (Å²) in [6.45, 7) is 7.75. The summed E-state index contributed by atoms with van der Waals surface area (Å²) in [4.78, 5) is 26.3. The van der Waals surface area contributed by atoms with Crippen molar-refractivity contribution < 1.29 is 19.1 Å². The van der Waals surface area contributed by atoms with Gasteiger partial charge in [0.2, 0.25) is 5.91 Å². The Morgan fingerprint density at radius 3 is 2.57 bits per heavy atom. The highest BCUT2D eigenvalue weighted by Gasteiger charge is 2.24. The number of nitrogens with one attached hydrogen (secondary N) is 1. The molecule has 0 radical (unpaired) electrons. The summed E-state index contributed by atoms with van der Waals surface area (Å²) in [7, 11) is 0. The van der Waals surface area contributed by atoms with E-state index in [9.17, 15) is 9.59 Å². The number of para-hydroxylation sites is 1. The quantitative estimate of drug-likeness (QED) is 0.840. The molecule has 126 valence electrons. The lowest BCUT2D eigenvalue weighted by molar-refractivity contribution is -0.121. The molecule has 1 aliphatic rings. The minimum absolute atomic E-state index is 0.110. The van der Waals surface area contributed by atoms with Gasteiger partial charge in [0.1, 0.15) is 0 Å². The Bertz CT molecular complexity index is 551. The van der Waals surface area contributed by atoms with Gasteiger partial charge in [-0.3, -0.25) is 9.69 Å². The van der Waals surface area contributed by atoms with Crippen LogP contribution in [0.5, 0.6) is 0 Å². The van der Waals surface area contributed by atoms with Crippen molar-refractivity contribution in [2.24, 2.45) is 0 Å². The number of morpholine rings is 1. The summed E-state index contributed by atoms with van der Waals surface area (Å²) in [5.74, 6) is -0.583. The Morgan fingerprint density at radius 1 is 1.26 bits per heavy atom. The Labute approximate surface area is 136 Å². The van der Waals surface area contributed by atoms with Crippen LogP contribution >= 0.6 is 0 Å². The van der Waals surface area contributed by atoms with Crippen LogP contribution in [-0.2, 0) is 14.3 Å². The molecule has 1 saturated heterocycles. The highest BCUT2D eigenvalue weighted by atomic mass is 16.5. The normalized spacial score (nSPS) is 21.7. The van der Waals surface area contributed by atoms with E-state index in [2.05, 4.69) is 10.2 Å². The zero-order valence-corrected chi connectivity index (χ0v) is 13.9. The highest BCUT2D eigenvalue weighted by Crippen LogP contribution is 2.17. The van der Waals surface area contributed by atoms with Gasteiger partial charge in [-0.15, -0.1) is 0 Å². The number of rotatable bonds is 5. The summed E-state index contributed by atoms with van der Waals surface area (Å²) < 4.78 is 10.7. The van der Waals surface area contributed by atoms with Gasteiger partial charge < -0.3 is 14.8 Å². The lowest BCUT2D eigenvalue weighted by atomic mass is 10.1. The second kappa shape index (κ2) is 8.08. The average molecular weight is 320 g/mol. The van der Waals surface area contributed by atoms with Gasteiger partial charge in [0.25, 0.3) is 0 Å². The molecular formula is C17H24N2O4. The van der Waals surface area contributed by atoms with E-state index in [1.807, 2.05) is 13.8 Å². The first-order valence-corrected chi connectivity index (χ1v) is 7.93. The smallest absolute Gasteiger partial charge is 0.340 e. The number of carbonyl (C=O) groups excluding carboxylic acids is 2. The molecule has 0 aromatic heterocycles. The van der Waals surface area contributed by atoms with Gasteiger partial charge >= 0.3 is 5.97 Å². The number of esters is 1. The monoisotopic (exact) mass is 320 g/mol. The van der Waals surface area contributed by atoms with Crippen LogP contribution in [0.4, 0.5) is 5.69 Å². The number of carbonyl (C=O) groups is 2. The molecule has 0 bridgehead atoms. The molecule has 1 aromatic carbocycles. The maximum Gasteiger partial charge on any atom is 0.340 e. The fraction of sp³-hybridized carbons (Fsp3) is 0.529. The van der Waals surface area contributed by atoms with E-state index in [0.717, 1.165) is 13.1 Å². The third-order valence-corrected chi connectivity index (χ3v) is 3.56. The maximum atomic E-state index is 12.3. The van der Waals surface area contributed by atoms with Gasteiger partial charge in [-0.2, -0.15) is 0 Å². The second-order valence-corrected chi connectivity index (χ2v) is 5.77. The van der Waals surface area contributed by atoms with Crippen molar-refractivity contribution in [3.05, 3.63) is 29.8 Å². The van der Waals surface area contributed by atoms with Crippen LogP contribution in [0.15, 0.2) is 24.3 Å². The van der Waals surface area contributed by atoms with E-state index in [4.69, 9.17) is 9.47 Å². The molecule has 6 nitrogen and oxygen atoms in total. The van der Waals surface area contributed by atoms with E-state index in [-0.39, 0.29) is 24.7 Å². The zero-order chi connectivity index (χ0) is 16.8. The van der Waals surface area contributed by atoms with Gasteiger partial charge in [-0.05, 0) is 32.9 Å². The molecular weight excluding hydrogens is 296 g/mol. The molecule has 1 amide bonds. The van der Waals surface area contributed by atoms with Gasteiger partial charge in [0.05, 0.1) is 36.6 Å². The number of hydrogen-bond donors (Lipinski definition) is 1. The summed E-state index contributed by atoms with van der Waals surface area (Å²) in [5, 5.41) is 2.80. The molecule has 2 atom stereocenters. The molecule has 23 heavy (non-hydrogen) atoms. The highest BCUT2D eigenvalue weighted by molar-refractivity contribution is 6.01. The van der Waals surface area contributed by atoms with Crippen molar-refractivity contribution >= 4 is 17.6 Å². The molecule has 0 saturated carbocycles. The predicted molar refractivity (Wildman–Crippen MR) is 87.5 cm³/mol.